The maximum Gasteiger partial charge on any atom is 0.420 e. The Labute approximate surface area is 172 Å². The van der Waals surface area contributed by atoms with Gasteiger partial charge in [-0.25, -0.2) is 0 Å². The molecule has 3 aromatic rings. The molecule has 0 fully saturated rings. The SMILES string of the molecule is Nc1ccc(C(=O)c2ccc(Oc3ccc(N)cc3C(F)(F)F)c(C(F)(F)F)c2)cc1. The highest BCUT2D eigenvalue weighted by Crippen LogP contribution is 2.43. The molecular formula is C21H14F6N2O2. The van der Waals surface area contributed by atoms with Gasteiger partial charge in [-0.05, 0) is 60.7 Å². The van der Waals surface area contributed by atoms with E-state index >= 15 is 0 Å². The first kappa shape index (κ1) is 22.0. The molecule has 0 aromatic heterocycles. The van der Waals surface area contributed by atoms with Crippen LogP contribution in [0.25, 0.3) is 0 Å². The second-order valence-corrected chi connectivity index (χ2v) is 6.52. The van der Waals surface area contributed by atoms with Crippen molar-refractivity contribution in [3.63, 3.8) is 0 Å². The number of ketones is 1. The van der Waals surface area contributed by atoms with Crippen molar-refractivity contribution in [2.24, 2.45) is 0 Å². The number of hydrogen-bond acceptors (Lipinski definition) is 4. The number of rotatable bonds is 4. The van der Waals surface area contributed by atoms with Gasteiger partial charge in [-0.3, -0.25) is 4.79 Å². The lowest BCUT2D eigenvalue weighted by molar-refractivity contribution is -0.139. The van der Waals surface area contributed by atoms with Crippen molar-refractivity contribution in [2.75, 3.05) is 11.5 Å². The van der Waals surface area contributed by atoms with E-state index in [9.17, 15) is 31.1 Å². The average molecular weight is 440 g/mol. The average Bonchev–Trinajstić information content (AvgIpc) is 2.68. The van der Waals surface area contributed by atoms with Crippen molar-refractivity contribution >= 4 is 17.2 Å². The van der Waals surface area contributed by atoms with Crippen LogP contribution in [-0.4, -0.2) is 5.78 Å². The van der Waals surface area contributed by atoms with Crippen LogP contribution in [-0.2, 0) is 12.4 Å². The fourth-order valence-electron chi connectivity index (χ4n) is 2.76. The van der Waals surface area contributed by atoms with E-state index < -0.39 is 40.8 Å². The molecule has 0 aliphatic rings. The Morgan fingerprint density at radius 2 is 1.10 bits per heavy atom. The maximum absolute atomic E-state index is 13.6. The van der Waals surface area contributed by atoms with Gasteiger partial charge in [-0.2, -0.15) is 26.3 Å². The van der Waals surface area contributed by atoms with E-state index in [2.05, 4.69) is 0 Å². The Morgan fingerprint density at radius 1 is 0.645 bits per heavy atom. The van der Waals surface area contributed by atoms with Gasteiger partial charge in [-0.15, -0.1) is 0 Å². The van der Waals surface area contributed by atoms with Gasteiger partial charge in [0.2, 0.25) is 0 Å². The molecule has 0 atom stereocenters. The third-order valence-corrected chi connectivity index (χ3v) is 4.25. The predicted molar refractivity (Wildman–Crippen MR) is 102 cm³/mol. The first-order valence-corrected chi connectivity index (χ1v) is 8.62. The van der Waals surface area contributed by atoms with Gasteiger partial charge in [-0.1, -0.05) is 0 Å². The van der Waals surface area contributed by atoms with Gasteiger partial charge in [0.05, 0.1) is 5.56 Å². The van der Waals surface area contributed by atoms with Crippen LogP contribution in [0.5, 0.6) is 11.5 Å². The van der Waals surface area contributed by atoms with E-state index in [0.717, 1.165) is 24.3 Å². The zero-order chi connectivity index (χ0) is 23.0. The summed E-state index contributed by atoms with van der Waals surface area (Å²) in [5.74, 6) is -2.47. The molecule has 0 aliphatic carbocycles. The molecule has 0 bridgehead atoms. The topological polar surface area (TPSA) is 78.3 Å². The minimum Gasteiger partial charge on any atom is -0.456 e. The smallest absolute Gasteiger partial charge is 0.420 e. The highest BCUT2D eigenvalue weighted by atomic mass is 19.4. The lowest BCUT2D eigenvalue weighted by Gasteiger charge is -2.18. The molecule has 162 valence electrons. The molecule has 0 saturated carbocycles. The number of nitrogen functional groups attached to an aromatic ring is 2. The summed E-state index contributed by atoms with van der Waals surface area (Å²) in [5.41, 5.74) is 8.04. The number of anilines is 2. The monoisotopic (exact) mass is 440 g/mol. The number of alkyl halides is 6. The van der Waals surface area contributed by atoms with Crippen LogP contribution in [0, 0.1) is 0 Å². The Balaban J connectivity index is 2.05. The van der Waals surface area contributed by atoms with Crippen molar-refractivity contribution in [1.29, 1.82) is 0 Å². The number of carbonyl (C=O) groups is 1. The van der Waals surface area contributed by atoms with Crippen molar-refractivity contribution in [3.05, 3.63) is 82.9 Å². The van der Waals surface area contributed by atoms with E-state index in [1.165, 1.54) is 24.3 Å². The second kappa shape index (κ2) is 7.86. The zero-order valence-corrected chi connectivity index (χ0v) is 15.5. The molecule has 0 spiro atoms. The quantitative estimate of drug-likeness (QED) is 0.300. The fourth-order valence-corrected chi connectivity index (χ4v) is 2.76. The van der Waals surface area contributed by atoms with Gasteiger partial charge in [0.25, 0.3) is 0 Å². The normalized spacial score (nSPS) is 11.9. The number of ether oxygens (including phenoxy) is 1. The molecule has 3 aromatic carbocycles. The van der Waals surface area contributed by atoms with Crippen molar-refractivity contribution < 1.29 is 35.9 Å². The maximum atomic E-state index is 13.6. The summed E-state index contributed by atoms with van der Waals surface area (Å²) in [6.45, 7) is 0. The minimum absolute atomic E-state index is 0.0916. The molecule has 3 rings (SSSR count). The Hall–Kier alpha value is -3.69. The molecule has 0 radical (unpaired) electrons. The Kier molecular flexibility index (Phi) is 5.58. The summed E-state index contributed by atoms with van der Waals surface area (Å²) in [6, 6.07) is 10.3. The number of hydrogen-bond donors (Lipinski definition) is 2. The van der Waals surface area contributed by atoms with Gasteiger partial charge in [0.1, 0.15) is 17.1 Å². The standard InChI is InChI=1S/C21H14F6N2O2/c22-20(23,24)15-9-12(19(30)11-1-4-13(28)5-2-11)3-7-17(15)31-18-8-6-14(29)10-16(18)21(25,26)27/h1-10H,28-29H2. The second-order valence-electron chi connectivity index (χ2n) is 6.52. The molecule has 0 aliphatic heterocycles. The Bertz CT molecular complexity index is 1120. The minimum atomic E-state index is -5.00. The van der Waals surface area contributed by atoms with Crippen LogP contribution < -0.4 is 16.2 Å². The summed E-state index contributed by atoms with van der Waals surface area (Å²) in [6.07, 6.45) is -9.91. The van der Waals surface area contributed by atoms with Crippen LogP contribution in [0.3, 0.4) is 0 Å². The molecule has 10 heteroatoms. The van der Waals surface area contributed by atoms with Crippen molar-refractivity contribution in [2.45, 2.75) is 12.4 Å². The molecule has 4 N–H and O–H groups in total. The highest BCUT2D eigenvalue weighted by Gasteiger charge is 2.38. The first-order chi connectivity index (χ1) is 14.4. The lowest BCUT2D eigenvalue weighted by atomic mass is 10.0. The number of halogens is 6. The molecule has 31 heavy (non-hydrogen) atoms. The molecule has 0 heterocycles. The third kappa shape index (κ3) is 4.90. The largest absolute Gasteiger partial charge is 0.456 e. The van der Waals surface area contributed by atoms with E-state index in [1.807, 2.05) is 0 Å². The van der Waals surface area contributed by atoms with Crippen LogP contribution in [0.15, 0.2) is 60.7 Å². The predicted octanol–water partition coefficient (Wildman–Crippen LogP) is 5.91. The van der Waals surface area contributed by atoms with E-state index in [4.69, 9.17) is 16.2 Å². The summed E-state index contributed by atoms with van der Waals surface area (Å²) < 4.78 is 85.5. The van der Waals surface area contributed by atoms with Crippen LogP contribution >= 0.6 is 0 Å². The van der Waals surface area contributed by atoms with Crippen molar-refractivity contribution in [3.8, 4) is 11.5 Å². The molecular weight excluding hydrogens is 426 g/mol. The molecule has 0 saturated heterocycles. The molecule has 4 nitrogen and oxygen atoms in total. The zero-order valence-electron chi connectivity index (χ0n) is 15.5. The summed E-state index contributed by atoms with van der Waals surface area (Å²) in [4.78, 5) is 12.5. The summed E-state index contributed by atoms with van der Waals surface area (Å²) >= 11 is 0. The fraction of sp³-hybridized carbons (Fsp3) is 0.0952. The molecule has 0 amide bonds. The number of carbonyl (C=O) groups excluding carboxylic acids is 1. The first-order valence-electron chi connectivity index (χ1n) is 8.62. The lowest BCUT2D eigenvalue weighted by Crippen LogP contribution is -2.12. The van der Waals surface area contributed by atoms with E-state index in [0.29, 0.717) is 17.8 Å². The summed E-state index contributed by atoms with van der Waals surface area (Å²) in [7, 11) is 0. The van der Waals surface area contributed by atoms with E-state index in [1.54, 1.807) is 0 Å². The van der Waals surface area contributed by atoms with Crippen LogP contribution in [0.4, 0.5) is 37.7 Å². The number of benzene rings is 3. The Morgan fingerprint density at radius 3 is 1.65 bits per heavy atom. The van der Waals surface area contributed by atoms with Crippen molar-refractivity contribution in [1.82, 2.24) is 0 Å². The van der Waals surface area contributed by atoms with Gasteiger partial charge in [0.15, 0.2) is 5.78 Å². The third-order valence-electron chi connectivity index (χ3n) is 4.25. The highest BCUT2D eigenvalue weighted by molar-refractivity contribution is 6.09. The van der Waals surface area contributed by atoms with Gasteiger partial charge < -0.3 is 16.2 Å². The molecule has 0 unspecified atom stereocenters. The van der Waals surface area contributed by atoms with Gasteiger partial charge in [0, 0.05) is 22.5 Å². The van der Waals surface area contributed by atoms with E-state index in [-0.39, 0.29) is 16.8 Å². The van der Waals surface area contributed by atoms with Gasteiger partial charge >= 0.3 is 12.4 Å². The number of nitrogens with two attached hydrogens (primary N) is 2. The van der Waals surface area contributed by atoms with Crippen LogP contribution in [0.1, 0.15) is 27.0 Å². The summed E-state index contributed by atoms with van der Waals surface area (Å²) in [5, 5.41) is 0. The van der Waals surface area contributed by atoms with Crippen LogP contribution in [0.2, 0.25) is 0 Å².